The zero-order valence-electron chi connectivity index (χ0n) is 10.5. The van der Waals surface area contributed by atoms with Gasteiger partial charge in [-0.3, -0.25) is 9.59 Å². The molecule has 0 saturated carbocycles. The minimum absolute atomic E-state index is 0.0627. The summed E-state index contributed by atoms with van der Waals surface area (Å²) in [6.45, 7) is 2.07. The molecule has 0 bridgehead atoms. The minimum Gasteiger partial charge on any atom is -0.484 e. The number of carboxylic acids is 1. The maximum absolute atomic E-state index is 11.6. The van der Waals surface area contributed by atoms with Crippen LogP contribution in [0.3, 0.4) is 0 Å². The Kier molecular flexibility index (Phi) is 5.17. The molecule has 1 amide bonds. The van der Waals surface area contributed by atoms with E-state index in [2.05, 4.69) is 0 Å². The van der Waals surface area contributed by atoms with Gasteiger partial charge in [0.2, 0.25) is 0 Å². The van der Waals surface area contributed by atoms with Gasteiger partial charge in [-0.25, -0.2) is 0 Å². The first kappa shape index (κ1) is 14.0. The number of hydrogen-bond donors (Lipinski definition) is 1. The number of nitrogens with zero attached hydrogens (tertiary/aromatic N) is 1. The van der Waals surface area contributed by atoms with Crippen LogP contribution in [0.5, 0.6) is 5.75 Å². The summed E-state index contributed by atoms with van der Waals surface area (Å²) < 4.78 is 5.31. The van der Waals surface area contributed by atoms with E-state index in [0.29, 0.717) is 5.75 Å². The molecular formula is C13H17NO4. The van der Waals surface area contributed by atoms with Crippen molar-refractivity contribution in [2.24, 2.45) is 0 Å². The third-order valence-electron chi connectivity index (χ3n) is 2.47. The number of rotatable bonds is 6. The van der Waals surface area contributed by atoms with Crippen molar-refractivity contribution in [3.8, 4) is 5.75 Å². The smallest absolute Gasteiger partial charge is 0.305 e. The van der Waals surface area contributed by atoms with E-state index in [1.807, 2.05) is 19.1 Å². The van der Waals surface area contributed by atoms with Crippen molar-refractivity contribution in [1.29, 1.82) is 0 Å². The van der Waals surface area contributed by atoms with Gasteiger partial charge >= 0.3 is 5.97 Å². The lowest BCUT2D eigenvalue weighted by Crippen LogP contribution is -2.33. The summed E-state index contributed by atoms with van der Waals surface area (Å²) in [7, 11) is 1.56. The first-order valence-electron chi connectivity index (χ1n) is 5.64. The number of hydrogen-bond acceptors (Lipinski definition) is 3. The Morgan fingerprint density at radius 1 is 1.28 bits per heavy atom. The average Bonchev–Trinajstić information content (AvgIpc) is 2.34. The van der Waals surface area contributed by atoms with Crippen LogP contribution in [0.25, 0.3) is 0 Å². The van der Waals surface area contributed by atoms with Gasteiger partial charge in [0.1, 0.15) is 5.75 Å². The van der Waals surface area contributed by atoms with Gasteiger partial charge in [-0.05, 0) is 19.1 Å². The number of amides is 1. The Bertz CT molecular complexity index is 414. The van der Waals surface area contributed by atoms with Crippen molar-refractivity contribution in [2.75, 3.05) is 20.2 Å². The monoisotopic (exact) mass is 251 g/mol. The van der Waals surface area contributed by atoms with Crippen LogP contribution >= 0.6 is 0 Å². The van der Waals surface area contributed by atoms with Gasteiger partial charge in [0, 0.05) is 13.6 Å². The highest BCUT2D eigenvalue weighted by atomic mass is 16.5. The Balaban J connectivity index is 2.36. The summed E-state index contributed by atoms with van der Waals surface area (Å²) >= 11 is 0. The molecule has 0 aromatic heterocycles. The summed E-state index contributed by atoms with van der Waals surface area (Å²) in [5, 5.41) is 8.51. The van der Waals surface area contributed by atoms with Gasteiger partial charge in [-0.15, -0.1) is 0 Å². The van der Waals surface area contributed by atoms with Crippen molar-refractivity contribution >= 4 is 11.9 Å². The highest BCUT2D eigenvalue weighted by Gasteiger charge is 2.10. The van der Waals surface area contributed by atoms with E-state index in [1.54, 1.807) is 19.2 Å². The first-order valence-corrected chi connectivity index (χ1v) is 5.64. The Labute approximate surface area is 106 Å². The van der Waals surface area contributed by atoms with Crippen LogP contribution < -0.4 is 4.74 Å². The van der Waals surface area contributed by atoms with E-state index in [-0.39, 0.29) is 25.5 Å². The molecule has 5 heteroatoms. The average molecular weight is 251 g/mol. The molecule has 0 fully saturated rings. The molecule has 0 aliphatic heterocycles. The second-order valence-corrected chi connectivity index (χ2v) is 4.06. The van der Waals surface area contributed by atoms with Gasteiger partial charge < -0.3 is 14.7 Å². The lowest BCUT2D eigenvalue weighted by Gasteiger charge is -2.16. The number of carbonyl (C=O) groups is 2. The fourth-order valence-electron chi connectivity index (χ4n) is 1.28. The van der Waals surface area contributed by atoms with Crippen LogP contribution in [0.2, 0.25) is 0 Å². The largest absolute Gasteiger partial charge is 0.484 e. The van der Waals surface area contributed by atoms with Crippen LogP contribution in [0, 0.1) is 6.92 Å². The zero-order valence-corrected chi connectivity index (χ0v) is 10.5. The topological polar surface area (TPSA) is 66.8 Å². The van der Waals surface area contributed by atoms with Gasteiger partial charge in [-0.2, -0.15) is 0 Å². The standard InChI is InChI=1S/C13H17NO4/c1-10-3-5-11(6-4-10)18-9-12(15)14(2)8-7-13(16)17/h3-6H,7-9H2,1-2H3,(H,16,17). The highest BCUT2D eigenvalue weighted by molar-refractivity contribution is 5.78. The van der Waals surface area contributed by atoms with Gasteiger partial charge in [-0.1, -0.05) is 17.7 Å². The molecule has 0 aliphatic carbocycles. The third-order valence-corrected chi connectivity index (χ3v) is 2.47. The summed E-state index contributed by atoms with van der Waals surface area (Å²) in [5.74, 6) is -0.536. The summed E-state index contributed by atoms with van der Waals surface area (Å²) in [5.41, 5.74) is 1.12. The normalized spacial score (nSPS) is 9.89. The SMILES string of the molecule is Cc1ccc(OCC(=O)N(C)CCC(=O)O)cc1. The van der Waals surface area contributed by atoms with E-state index in [9.17, 15) is 9.59 Å². The number of ether oxygens (including phenoxy) is 1. The molecule has 1 aromatic carbocycles. The number of aryl methyl sites for hydroxylation is 1. The molecule has 0 atom stereocenters. The Morgan fingerprint density at radius 2 is 1.89 bits per heavy atom. The maximum atomic E-state index is 11.6. The molecule has 0 radical (unpaired) electrons. The fraction of sp³-hybridized carbons (Fsp3) is 0.385. The summed E-state index contributed by atoms with van der Waals surface area (Å²) in [6, 6.07) is 7.38. The van der Waals surface area contributed by atoms with E-state index >= 15 is 0 Å². The quantitative estimate of drug-likeness (QED) is 0.827. The third kappa shape index (κ3) is 4.86. The molecule has 0 saturated heterocycles. The van der Waals surface area contributed by atoms with Crippen molar-refractivity contribution in [1.82, 2.24) is 4.90 Å². The van der Waals surface area contributed by atoms with Crippen LogP contribution in [-0.2, 0) is 9.59 Å². The van der Waals surface area contributed by atoms with E-state index in [0.717, 1.165) is 5.56 Å². The maximum Gasteiger partial charge on any atom is 0.305 e. The number of aliphatic carboxylic acids is 1. The van der Waals surface area contributed by atoms with Crippen LogP contribution in [0.1, 0.15) is 12.0 Å². The molecule has 18 heavy (non-hydrogen) atoms. The Hall–Kier alpha value is -2.04. The van der Waals surface area contributed by atoms with E-state index < -0.39 is 5.97 Å². The molecule has 0 heterocycles. The molecule has 0 aliphatic rings. The van der Waals surface area contributed by atoms with Crippen LogP contribution in [0.15, 0.2) is 24.3 Å². The van der Waals surface area contributed by atoms with Crippen LogP contribution in [-0.4, -0.2) is 42.1 Å². The predicted molar refractivity (Wildman–Crippen MR) is 66.6 cm³/mol. The molecule has 1 rings (SSSR count). The molecule has 0 unspecified atom stereocenters. The number of likely N-dealkylation sites (N-methyl/N-ethyl adjacent to an activating group) is 1. The summed E-state index contributed by atoms with van der Waals surface area (Å²) in [4.78, 5) is 23.3. The lowest BCUT2D eigenvalue weighted by molar-refractivity contribution is -0.138. The lowest BCUT2D eigenvalue weighted by atomic mass is 10.2. The van der Waals surface area contributed by atoms with Crippen LogP contribution in [0.4, 0.5) is 0 Å². The van der Waals surface area contributed by atoms with E-state index in [1.165, 1.54) is 4.90 Å². The predicted octanol–water partition coefficient (Wildman–Crippen LogP) is 1.31. The second-order valence-electron chi connectivity index (χ2n) is 4.06. The molecular weight excluding hydrogens is 234 g/mol. The van der Waals surface area contributed by atoms with E-state index in [4.69, 9.17) is 9.84 Å². The van der Waals surface area contributed by atoms with Gasteiger partial charge in [0.15, 0.2) is 6.61 Å². The Morgan fingerprint density at radius 3 is 2.44 bits per heavy atom. The van der Waals surface area contributed by atoms with Gasteiger partial charge in [0.25, 0.3) is 5.91 Å². The number of carbonyl (C=O) groups excluding carboxylic acids is 1. The van der Waals surface area contributed by atoms with Gasteiger partial charge in [0.05, 0.1) is 6.42 Å². The fourth-order valence-corrected chi connectivity index (χ4v) is 1.28. The molecule has 5 nitrogen and oxygen atoms in total. The highest BCUT2D eigenvalue weighted by Crippen LogP contribution is 2.11. The molecule has 0 spiro atoms. The second kappa shape index (κ2) is 6.64. The van der Waals surface area contributed by atoms with Crippen molar-refractivity contribution in [3.05, 3.63) is 29.8 Å². The minimum atomic E-state index is -0.922. The summed E-state index contributed by atoms with van der Waals surface area (Å²) in [6.07, 6.45) is -0.0627. The molecule has 98 valence electrons. The van der Waals surface area contributed by atoms with Crippen molar-refractivity contribution in [3.63, 3.8) is 0 Å². The van der Waals surface area contributed by atoms with Crippen molar-refractivity contribution < 1.29 is 19.4 Å². The molecule has 1 N–H and O–H groups in total. The number of carboxylic acid groups (broad SMARTS) is 1. The number of benzene rings is 1. The first-order chi connectivity index (χ1) is 8.49. The van der Waals surface area contributed by atoms with Crippen molar-refractivity contribution in [2.45, 2.75) is 13.3 Å². The zero-order chi connectivity index (χ0) is 13.5. The molecule has 1 aromatic rings.